The van der Waals surface area contributed by atoms with Gasteiger partial charge in [-0.1, -0.05) is 6.07 Å². The Bertz CT molecular complexity index is 354. The lowest BCUT2D eigenvalue weighted by Gasteiger charge is -2.17. The number of methoxy groups -OCH3 is 1. The molecule has 0 radical (unpaired) electrons. The summed E-state index contributed by atoms with van der Waals surface area (Å²) in [4.78, 5) is 0. The zero-order chi connectivity index (χ0) is 12.2. The first-order chi connectivity index (χ1) is 7.46. The van der Waals surface area contributed by atoms with Gasteiger partial charge in [0.2, 0.25) is 0 Å². The van der Waals surface area contributed by atoms with Crippen LogP contribution in [0.3, 0.4) is 0 Å². The van der Waals surface area contributed by atoms with Crippen molar-refractivity contribution in [1.29, 1.82) is 0 Å². The third kappa shape index (κ3) is 3.65. The summed E-state index contributed by atoms with van der Waals surface area (Å²) in [7, 11) is 1.32. The predicted molar refractivity (Wildman–Crippen MR) is 53.5 cm³/mol. The van der Waals surface area contributed by atoms with Crippen molar-refractivity contribution in [3.8, 4) is 11.5 Å². The SMILES string of the molecule is COc1cc(CO)ccc1OC[B-](F)(F)F. The average Bonchev–Trinajstić information content (AvgIpc) is 2.25. The minimum atomic E-state index is -4.99. The molecule has 0 fully saturated rings. The number of benzene rings is 1. The molecular formula is C9H11BF3O3-. The van der Waals surface area contributed by atoms with Crippen molar-refractivity contribution in [2.75, 3.05) is 13.6 Å². The summed E-state index contributed by atoms with van der Waals surface area (Å²) >= 11 is 0. The van der Waals surface area contributed by atoms with E-state index in [1.54, 1.807) is 0 Å². The molecular weight excluding hydrogens is 224 g/mol. The number of halogens is 3. The molecule has 0 atom stereocenters. The Balaban J connectivity index is 2.79. The average molecular weight is 235 g/mol. The van der Waals surface area contributed by atoms with Gasteiger partial charge >= 0.3 is 6.98 Å². The Kier molecular flexibility index (Phi) is 4.06. The summed E-state index contributed by atoms with van der Waals surface area (Å²) in [5, 5.41) is 8.83. The Labute approximate surface area is 90.9 Å². The van der Waals surface area contributed by atoms with Crippen LogP contribution >= 0.6 is 0 Å². The van der Waals surface area contributed by atoms with Gasteiger partial charge in [-0.15, -0.1) is 0 Å². The number of rotatable bonds is 5. The minimum Gasteiger partial charge on any atom is -0.519 e. The quantitative estimate of drug-likeness (QED) is 0.792. The summed E-state index contributed by atoms with van der Waals surface area (Å²) in [5.74, 6) is 0.186. The lowest BCUT2D eigenvalue weighted by Crippen LogP contribution is -2.26. The third-order valence-electron chi connectivity index (χ3n) is 1.84. The van der Waals surface area contributed by atoms with E-state index in [0.29, 0.717) is 5.56 Å². The Morgan fingerprint density at radius 1 is 1.25 bits per heavy atom. The molecule has 0 aliphatic rings. The van der Waals surface area contributed by atoms with Gasteiger partial charge in [-0.25, -0.2) is 0 Å². The molecule has 0 unspecified atom stereocenters. The van der Waals surface area contributed by atoms with Gasteiger partial charge in [0.25, 0.3) is 0 Å². The Morgan fingerprint density at radius 2 is 1.94 bits per heavy atom. The number of ether oxygens (including phenoxy) is 2. The lowest BCUT2D eigenvalue weighted by molar-refractivity contribution is 0.277. The van der Waals surface area contributed by atoms with Crippen molar-refractivity contribution in [3.63, 3.8) is 0 Å². The van der Waals surface area contributed by atoms with E-state index in [4.69, 9.17) is 9.84 Å². The molecule has 0 bridgehead atoms. The maximum Gasteiger partial charge on any atom is 0.515 e. The van der Waals surface area contributed by atoms with Crippen molar-refractivity contribution >= 4 is 6.98 Å². The van der Waals surface area contributed by atoms with Gasteiger partial charge in [0.1, 0.15) is 0 Å². The van der Waals surface area contributed by atoms with Crippen molar-refractivity contribution in [3.05, 3.63) is 23.8 Å². The van der Waals surface area contributed by atoms with Gasteiger partial charge in [0, 0.05) is 0 Å². The topological polar surface area (TPSA) is 38.7 Å². The molecule has 0 heterocycles. The first kappa shape index (κ1) is 12.7. The van der Waals surface area contributed by atoms with Crippen LogP contribution in [0.15, 0.2) is 18.2 Å². The summed E-state index contributed by atoms with van der Waals surface area (Å²) in [6.07, 6.45) is 0. The standard InChI is InChI=1S/C9H11BF3O3/c1-15-9-4-7(5-14)2-3-8(9)16-6-10(11,12)13/h2-4,14H,5-6H2,1H3/q-1. The highest BCUT2D eigenvalue weighted by Crippen LogP contribution is 2.28. The molecule has 0 aliphatic heterocycles. The van der Waals surface area contributed by atoms with Crippen LogP contribution < -0.4 is 9.47 Å². The first-order valence-corrected chi connectivity index (χ1v) is 4.58. The van der Waals surface area contributed by atoms with E-state index in [-0.39, 0.29) is 18.1 Å². The fourth-order valence-corrected chi connectivity index (χ4v) is 1.11. The molecule has 0 spiro atoms. The molecule has 7 heteroatoms. The van der Waals surface area contributed by atoms with Gasteiger partial charge in [-0.2, -0.15) is 0 Å². The molecule has 0 aliphatic carbocycles. The zero-order valence-corrected chi connectivity index (χ0v) is 8.62. The van der Waals surface area contributed by atoms with E-state index < -0.39 is 13.5 Å². The maximum atomic E-state index is 12.0. The summed E-state index contributed by atoms with van der Waals surface area (Å²) in [6.45, 7) is -6.51. The van der Waals surface area contributed by atoms with Crippen LogP contribution in [-0.2, 0) is 6.61 Å². The van der Waals surface area contributed by atoms with E-state index >= 15 is 0 Å². The second-order valence-electron chi connectivity index (χ2n) is 3.16. The first-order valence-electron chi connectivity index (χ1n) is 4.58. The van der Waals surface area contributed by atoms with Crippen LogP contribution in [0, 0.1) is 0 Å². The number of hydrogen-bond donors (Lipinski definition) is 1. The highest BCUT2D eigenvalue weighted by atomic mass is 19.4. The Hall–Kier alpha value is -1.37. The van der Waals surface area contributed by atoms with Crippen LogP contribution in [0.5, 0.6) is 11.5 Å². The number of aliphatic hydroxyl groups excluding tert-OH is 1. The molecule has 1 aromatic rings. The molecule has 3 nitrogen and oxygen atoms in total. The summed E-state index contributed by atoms with van der Waals surface area (Å²) in [5.41, 5.74) is 0.543. The lowest BCUT2D eigenvalue weighted by atomic mass is 9.95. The largest absolute Gasteiger partial charge is 0.519 e. The van der Waals surface area contributed by atoms with Gasteiger partial charge in [-0.05, 0) is 17.7 Å². The maximum absolute atomic E-state index is 12.0. The molecule has 0 saturated heterocycles. The highest BCUT2D eigenvalue weighted by Gasteiger charge is 2.24. The molecule has 1 aromatic carbocycles. The zero-order valence-electron chi connectivity index (χ0n) is 8.62. The van der Waals surface area contributed by atoms with Crippen molar-refractivity contribution < 1.29 is 27.5 Å². The van der Waals surface area contributed by atoms with Crippen molar-refractivity contribution in [2.24, 2.45) is 0 Å². The molecule has 16 heavy (non-hydrogen) atoms. The normalized spacial score (nSPS) is 11.3. The van der Waals surface area contributed by atoms with Crippen LogP contribution in [0.25, 0.3) is 0 Å². The third-order valence-corrected chi connectivity index (χ3v) is 1.84. The Morgan fingerprint density at radius 3 is 2.44 bits per heavy atom. The molecule has 0 amide bonds. The van der Waals surface area contributed by atoms with Gasteiger partial charge in [-0.3, -0.25) is 0 Å². The molecule has 1 N–H and O–H groups in total. The summed E-state index contributed by atoms with van der Waals surface area (Å²) in [6, 6.07) is 4.24. The monoisotopic (exact) mass is 235 g/mol. The minimum absolute atomic E-state index is 0.0129. The summed E-state index contributed by atoms with van der Waals surface area (Å²) < 4.78 is 45.4. The van der Waals surface area contributed by atoms with Crippen LogP contribution in [0.4, 0.5) is 12.9 Å². The van der Waals surface area contributed by atoms with Gasteiger partial charge < -0.3 is 27.5 Å². The fraction of sp³-hybridized carbons (Fsp3) is 0.333. The van der Waals surface area contributed by atoms with Crippen molar-refractivity contribution in [1.82, 2.24) is 0 Å². The molecule has 90 valence electrons. The van der Waals surface area contributed by atoms with Crippen LogP contribution in [-0.4, -0.2) is 25.7 Å². The van der Waals surface area contributed by atoms with Gasteiger partial charge in [0.15, 0.2) is 11.5 Å². The van der Waals surface area contributed by atoms with E-state index in [1.165, 1.54) is 25.3 Å². The van der Waals surface area contributed by atoms with Crippen LogP contribution in [0.1, 0.15) is 5.56 Å². The highest BCUT2D eigenvalue weighted by molar-refractivity contribution is 6.58. The number of hydrogen-bond acceptors (Lipinski definition) is 3. The molecule has 0 saturated carbocycles. The molecule has 1 rings (SSSR count). The second-order valence-corrected chi connectivity index (χ2v) is 3.16. The smallest absolute Gasteiger partial charge is 0.515 e. The fourth-order valence-electron chi connectivity index (χ4n) is 1.11. The van der Waals surface area contributed by atoms with E-state index in [2.05, 4.69) is 4.74 Å². The molecule has 0 aromatic heterocycles. The van der Waals surface area contributed by atoms with E-state index in [1.807, 2.05) is 0 Å². The van der Waals surface area contributed by atoms with E-state index in [0.717, 1.165) is 0 Å². The van der Waals surface area contributed by atoms with Gasteiger partial charge in [0.05, 0.1) is 20.2 Å². The van der Waals surface area contributed by atoms with Crippen molar-refractivity contribution in [2.45, 2.75) is 6.61 Å². The number of aliphatic hydroxyl groups is 1. The predicted octanol–water partition coefficient (Wildman–Crippen LogP) is 1.95. The van der Waals surface area contributed by atoms with E-state index in [9.17, 15) is 12.9 Å². The second kappa shape index (κ2) is 5.11. The van der Waals surface area contributed by atoms with Crippen LogP contribution in [0.2, 0.25) is 0 Å².